The van der Waals surface area contributed by atoms with Gasteiger partial charge in [0.05, 0.1) is 19.6 Å². The van der Waals surface area contributed by atoms with Crippen LogP contribution in [0.4, 0.5) is 5.82 Å². The maximum atomic E-state index is 11.9. The number of hydrogen-bond donors (Lipinski definition) is 2. The summed E-state index contributed by atoms with van der Waals surface area (Å²) in [5.74, 6) is 8.09. The lowest BCUT2D eigenvalue weighted by molar-refractivity contribution is -0.125. The van der Waals surface area contributed by atoms with Crippen molar-refractivity contribution in [2.24, 2.45) is 0 Å². The van der Waals surface area contributed by atoms with E-state index in [1.54, 1.807) is 25.2 Å². The Labute approximate surface area is 179 Å². The fourth-order valence-electron chi connectivity index (χ4n) is 3.47. The number of benzene rings is 1. The quantitative estimate of drug-likeness (QED) is 0.482. The van der Waals surface area contributed by atoms with E-state index in [0.29, 0.717) is 47.1 Å². The van der Waals surface area contributed by atoms with Gasteiger partial charge in [-0.25, -0.2) is 9.97 Å². The van der Waals surface area contributed by atoms with Crippen LogP contribution >= 0.6 is 0 Å². The van der Waals surface area contributed by atoms with Gasteiger partial charge in [0.25, 0.3) is 0 Å². The second-order valence-corrected chi connectivity index (χ2v) is 6.99. The number of nitrogens with zero attached hydrogens (tertiary/aromatic N) is 4. The molecule has 158 valence electrons. The van der Waals surface area contributed by atoms with Crippen molar-refractivity contribution in [2.45, 2.75) is 12.5 Å². The Bertz CT molecular complexity index is 1170. The highest BCUT2D eigenvalue weighted by atomic mass is 16.5. The molecule has 4 rings (SSSR count). The van der Waals surface area contributed by atoms with Crippen LogP contribution in [0.1, 0.15) is 17.7 Å². The van der Waals surface area contributed by atoms with Crippen LogP contribution in [0.25, 0.3) is 11.0 Å². The highest BCUT2D eigenvalue weighted by Gasteiger charge is 2.26. The number of anilines is 1. The minimum absolute atomic E-state index is 0.0688. The van der Waals surface area contributed by atoms with Crippen LogP contribution in [0.2, 0.25) is 0 Å². The summed E-state index contributed by atoms with van der Waals surface area (Å²) < 4.78 is 10.6. The first-order valence-electron chi connectivity index (χ1n) is 9.73. The highest BCUT2D eigenvalue weighted by molar-refractivity contribution is 5.91. The smallest absolute Gasteiger partial charge is 0.246 e. The molecule has 1 atom stereocenters. The van der Waals surface area contributed by atoms with Crippen LogP contribution in [0, 0.1) is 11.8 Å². The topological polar surface area (TPSA) is 105 Å². The number of carbonyl (C=O) groups excluding carboxylic acids is 1. The van der Waals surface area contributed by atoms with E-state index in [1.165, 1.54) is 12.4 Å². The van der Waals surface area contributed by atoms with Gasteiger partial charge in [-0.1, -0.05) is 12.5 Å². The Balaban J connectivity index is 1.62. The van der Waals surface area contributed by atoms with Crippen molar-refractivity contribution >= 4 is 22.8 Å². The number of methoxy groups -OCH3 is 2. The minimum Gasteiger partial charge on any atom is -0.497 e. The molecule has 2 N–H and O–H groups in total. The summed E-state index contributed by atoms with van der Waals surface area (Å²) in [6.45, 7) is 4.81. The second-order valence-electron chi connectivity index (χ2n) is 6.99. The van der Waals surface area contributed by atoms with Crippen molar-refractivity contribution in [3.05, 3.63) is 48.4 Å². The molecule has 1 saturated heterocycles. The number of likely N-dealkylation sites (tertiary alicyclic amines) is 1. The average Bonchev–Trinajstić information content (AvgIpc) is 3.44. The molecule has 9 nitrogen and oxygen atoms in total. The van der Waals surface area contributed by atoms with Crippen LogP contribution < -0.4 is 14.8 Å². The van der Waals surface area contributed by atoms with Gasteiger partial charge in [-0.3, -0.25) is 9.89 Å². The number of aromatic nitrogens is 4. The van der Waals surface area contributed by atoms with E-state index in [2.05, 4.69) is 43.9 Å². The van der Waals surface area contributed by atoms with Gasteiger partial charge in [-0.05, 0) is 30.6 Å². The predicted molar refractivity (Wildman–Crippen MR) is 116 cm³/mol. The summed E-state index contributed by atoms with van der Waals surface area (Å²) >= 11 is 0. The molecular formula is C22H22N6O3. The lowest BCUT2D eigenvalue weighted by Gasteiger charge is -2.16. The molecule has 0 bridgehead atoms. The molecule has 31 heavy (non-hydrogen) atoms. The highest BCUT2D eigenvalue weighted by Crippen LogP contribution is 2.25. The van der Waals surface area contributed by atoms with Gasteiger partial charge in [0.15, 0.2) is 5.65 Å². The normalized spacial score (nSPS) is 15.3. The summed E-state index contributed by atoms with van der Waals surface area (Å²) in [6, 6.07) is 5.51. The molecule has 0 saturated carbocycles. The first-order valence-corrected chi connectivity index (χ1v) is 9.73. The Morgan fingerprint density at radius 2 is 2.03 bits per heavy atom. The number of aromatic amines is 1. The fraction of sp³-hybridized carbons (Fsp3) is 0.273. The zero-order valence-corrected chi connectivity index (χ0v) is 17.3. The number of carbonyl (C=O) groups is 1. The molecule has 0 unspecified atom stereocenters. The Morgan fingerprint density at radius 1 is 1.26 bits per heavy atom. The van der Waals surface area contributed by atoms with E-state index in [1.807, 2.05) is 12.1 Å². The van der Waals surface area contributed by atoms with Crippen LogP contribution in [-0.4, -0.2) is 64.3 Å². The van der Waals surface area contributed by atoms with Crippen molar-refractivity contribution in [2.75, 3.05) is 32.6 Å². The zero-order valence-electron chi connectivity index (χ0n) is 17.3. The minimum atomic E-state index is -0.0688. The summed E-state index contributed by atoms with van der Waals surface area (Å²) in [6.07, 6.45) is 3.60. The van der Waals surface area contributed by atoms with Gasteiger partial charge >= 0.3 is 0 Å². The van der Waals surface area contributed by atoms with Gasteiger partial charge in [0.2, 0.25) is 5.91 Å². The standard InChI is InChI=1S/C22H22N6O3/c1-4-19(29)28-8-7-15(12-28)25-21-20-18(26-27-22(20)24-13-23-21)6-5-14-9-16(30-2)11-17(10-14)31-3/h4,9-11,13,15H,1,7-8,12H2,2-3H3,(H2,23,24,25,26,27)/t15-/m0/s1. The predicted octanol–water partition coefficient (Wildman–Crippen LogP) is 1.97. The molecule has 1 aromatic carbocycles. The molecular weight excluding hydrogens is 396 g/mol. The third kappa shape index (κ3) is 4.28. The van der Waals surface area contributed by atoms with Crippen LogP contribution in [0.5, 0.6) is 11.5 Å². The summed E-state index contributed by atoms with van der Waals surface area (Å²) in [7, 11) is 3.19. The van der Waals surface area contributed by atoms with Crippen LogP contribution in [0.15, 0.2) is 37.2 Å². The lowest BCUT2D eigenvalue weighted by Crippen LogP contribution is -2.30. The molecule has 1 fully saturated rings. The number of amides is 1. The largest absolute Gasteiger partial charge is 0.497 e. The average molecular weight is 418 g/mol. The lowest BCUT2D eigenvalue weighted by atomic mass is 10.2. The summed E-state index contributed by atoms with van der Waals surface area (Å²) in [4.78, 5) is 22.2. The van der Waals surface area contributed by atoms with Gasteiger partial charge in [0, 0.05) is 30.8 Å². The molecule has 1 aliphatic rings. The molecule has 1 amide bonds. The molecule has 9 heteroatoms. The van der Waals surface area contributed by atoms with Gasteiger partial charge < -0.3 is 19.7 Å². The fourth-order valence-corrected chi connectivity index (χ4v) is 3.47. The van der Waals surface area contributed by atoms with Crippen molar-refractivity contribution in [3.8, 4) is 23.3 Å². The van der Waals surface area contributed by atoms with Crippen molar-refractivity contribution in [1.29, 1.82) is 0 Å². The number of fused-ring (bicyclic) bond motifs is 1. The third-order valence-corrected chi connectivity index (χ3v) is 5.05. The van der Waals surface area contributed by atoms with Crippen LogP contribution in [-0.2, 0) is 4.79 Å². The Morgan fingerprint density at radius 3 is 2.74 bits per heavy atom. The maximum Gasteiger partial charge on any atom is 0.246 e. The van der Waals surface area contributed by atoms with Crippen LogP contribution in [0.3, 0.4) is 0 Å². The van der Waals surface area contributed by atoms with Crippen molar-refractivity contribution < 1.29 is 14.3 Å². The third-order valence-electron chi connectivity index (χ3n) is 5.05. The first-order chi connectivity index (χ1) is 15.1. The maximum absolute atomic E-state index is 11.9. The summed E-state index contributed by atoms with van der Waals surface area (Å²) in [5, 5.41) is 11.3. The first kappa shape index (κ1) is 20.2. The Hall–Kier alpha value is -4.06. The SMILES string of the molecule is C=CC(=O)N1CC[C@H](Nc2ncnc3n[nH]c(C#Cc4cc(OC)cc(OC)c4)c23)C1. The van der Waals surface area contributed by atoms with E-state index < -0.39 is 0 Å². The number of nitrogens with one attached hydrogen (secondary N) is 2. The van der Waals surface area contributed by atoms with Gasteiger partial charge in [-0.2, -0.15) is 5.10 Å². The molecule has 0 aliphatic carbocycles. The molecule has 2 aromatic heterocycles. The number of hydrogen-bond acceptors (Lipinski definition) is 7. The molecule has 0 radical (unpaired) electrons. The van der Waals surface area contributed by atoms with Crippen molar-refractivity contribution in [3.63, 3.8) is 0 Å². The number of ether oxygens (including phenoxy) is 2. The van der Waals surface area contributed by atoms with E-state index in [9.17, 15) is 4.79 Å². The monoisotopic (exact) mass is 418 g/mol. The zero-order chi connectivity index (χ0) is 21.8. The molecule has 3 aromatic rings. The second kappa shape index (κ2) is 8.75. The van der Waals surface area contributed by atoms with Gasteiger partial charge in [-0.15, -0.1) is 0 Å². The van der Waals surface area contributed by atoms with E-state index in [4.69, 9.17) is 9.47 Å². The van der Waals surface area contributed by atoms with Crippen molar-refractivity contribution in [1.82, 2.24) is 25.1 Å². The Kier molecular flexibility index (Phi) is 5.71. The van der Waals surface area contributed by atoms with E-state index in [-0.39, 0.29) is 11.9 Å². The van der Waals surface area contributed by atoms with E-state index in [0.717, 1.165) is 12.0 Å². The molecule has 0 spiro atoms. The summed E-state index contributed by atoms with van der Waals surface area (Å²) in [5.41, 5.74) is 1.85. The molecule has 1 aliphatic heterocycles. The number of H-pyrrole nitrogens is 1. The molecule has 3 heterocycles. The van der Waals surface area contributed by atoms with Gasteiger partial charge in [0.1, 0.15) is 29.3 Å². The number of rotatable bonds is 5. The van der Waals surface area contributed by atoms with E-state index >= 15 is 0 Å².